The SMILES string of the molecule is CSCCC(=O)N(C)/C(S)=C/N=C(C)c1cccnc1. The highest BCUT2D eigenvalue weighted by molar-refractivity contribution is 7.98. The second-order valence-electron chi connectivity index (χ2n) is 4.14. The Kier molecular flexibility index (Phi) is 7.40. The molecule has 1 aromatic rings. The van der Waals surface area contributed by atoms with Crippen molar-refractivity contribution in [1.29, 1.82) is 0 Å². The van der Waals surface area contributed by atoms with Crippen molar-refractivity contribution in [3.8, 4) is 0 Å². The van der Waals surface area contributed by atoms with Crippen LogP contribution >= 0.6 is 24.4 Å². The van der Waals surface area contributed by atoms with E-state index in [-0.39, 0.29) is 5.91 Å². The van der Waals surface area contributed by atoms with Crippen molar-refractivity contribution in [2.45, 2.75) is 13.3 Å². The molecule has 0 atom stereocenters. The molecule has 0 aromatic carbocycles. The van der Waals surface area contributed by atoms with Gasteiger partial charge in [-0.15, -0.1) is 12.6 Å². The van der Waals surface area contributed by atoms with Crippen LogP contribution in [0.2, 0.25) is 0 Å². The van der Waals surface area contributed by atoms with Crippen LogP contribution in [0, 0.1) is 0 Å². The molecule has 0 aliphatic carbocycles. The fourth-order valence-corrected chi connectivity index (χ4v) is 1.93. The Bertz CT molecular complexity index is 500. The molecule has 0 fully saturated rings. The number of carbonyl (C=O) groups is 1. The average molecular weight is 309 g/mol. The normalized spacial score (nSPS) is 12.4. The van der Waals surface area contributed by atoms with Gasteiger partial charge in [0.15, 0.2) is 0 Å². The van der Waals surface area contributed by atoms with E-state index in [1.165, 1.54) is 4.90 Å². The van der Waals surface area contributed by atoms with E-state index < -0.39 is 0 Å². The summed E-state index contributed by atoms with van der Waals surface area (Å²) in [5.74, 6) is 0.845. The molecule has 0 N–H and O–H groups in total. The lowest BCUT2D eigenvalue weighted by molar-refractivity contribution is -0.127. The van der Waals surface area contributed by atoms with E-state index in [0.29, 0.717) is 11.4 Å². The van der Waals surface area contributed by atoms with Crippen molar-refractivity contribution in [3.63, 3.8) is 0 Å². The van der Waals surface area contributed by atoms with Crippen molar-refractivity contribution in [2.24, 2.45) is 4.99 Å². The van der Waals surface area contributed by atoms with E-state index in [2.05, 4.69) is 22.6 Å². The molecular formula is C14H19N3OS2. The minimum absolute atomic E-state index is 0.0369. The topological polar surface area (TPSA) is 45.6 Å². The van der Waals surface area contributed by atoms with Crippen molar-refractivity contribution < 1.29 is 4.79 Å². The van der Waals surface area contributed by atoms with E-state index >= 15 is 0 Å². The number of hydrogen-bond acceptors (Lipinski definition) is 5. The molecule has 0 aliphatic rings. The zero-order valence-corrected chi connectivity index (χ0v) is 13.6. The van der Waals surface area contributed by atoms with Gasteiger partial charge in [0.2, 0.25) is 5.91 Å². The number of hydrogen-bond donors (Lipinski definition) is 1. The third kappa shape index (κ3) is 5.38. The van der Waals surface area contributed by atoms with Crippen molar-refractivity contribution >= 4 is 36.0 Å². The van der Waals surface area contributed by atoms with Gasteiger partial charge in [-0.25, -0.2) is 0 Å². The van der Waals surface area contributed by atoms with Crippen LogP contribution in [0.3, 0.4) is 0 Å². The summed E-state index contributed by atoms with van der Waals surface area (Å²) in [6, 6.07) is 3.79. The van der Waals surface area contributed by atoms with Gasteiger partial charge in [0.25, 0.3) is 0 Å². The summed E-state index contributed by atoms with van der Waals surface area (Å²) in [7, 11) is 1.70. The highest BCUT2D eigenvalue weighted by atomic mass is 32.2. The van der Waals surface area contributed by atoms with Crippen LogP contribution in [-0.4, -0.2) is 40.6 Å². The van der Waals surface area contributed by atoms with Crippen molar-refractivity contribution in [1.82, 2.24) is 9.88 Å². The lowest BCUT2D eigenvalue weighted by atomic mass is 10.2. The van der Waals surface area contributed by atoms with Gasteiger partial charge in [-0.3, -0.25) is 14.8 Å². The average Bonchev–Trinajstić information content (AvgIpc) is 2.49. The number of carbonyl (C=O) groups excluding carboxylic acids is 1. The predicted molar refractivity (Wildman–Crippen MR) is 89.3 cm³/mol. The summed E-state index contributed by atoms with van der Waals surface area (Å²) in [5.41, 5.74) is 1.77. The molecule has 1 amide bonds. The zero-order valence-electron chi connectivity index (χ0n) is 11.9. The molecule has 4 nitrogen and oxygen atoms in total. The number of thioether (sulfide) groups is 1. The van der Waals surface area contributed by atoms with Gasteiger partial charge in [0.05, 0.1) is 11.2 Å². The van der Waals surface area contributed by atoms with Crippen molar-refractivity contribution in [2.75, 3.05) is 19.1 Å². The second-order valence-corrected chi connectivity index (χ2v) is 5.58. The third-order valence-corrected chi connectivity index (χ3v) is 3.72. The standard InChI is InChI=1S/C14H19N3OS2/c1-11(12-5-4-7-15-9-12)16-10-14(19)17(2)13(18)6-8-20-3/h4-5,7,9-10,19H,6,8H2,1-3H3/b14-10-,16-11?. The Morgan fingerprint density at radius 2 is 2.35 bits per heavy atom. The monoisotopic (exact) mass is 309 g/mol. The summed E-state index contributed by atoms with van der Waals surface area (Å²) in [5, 5.41) is 0.527. The molecule has 0 saturated carbocycles. The summed E-state index contributed by atoms with van der Waals surface area (Å²) >= 11 is 5.96. The maximum Gasteiger partial charge on any atom is 0.227 e. The largest absolute Gasteiger partial charge is 0.309 e. The quantitative estimate of drug-likeness (QED) is 0.649. The van der Waals surface area contributed by atoms with Crippen LogP contribution in [0.4, 0.5) is 0 Å². The first-order chi connectivity index (χ1) is 9.56. The maximum absolute atomic E-state index is 11.8. The van der Waals surface area contributed by atoms with E-state index in [0.717, 1.165) is 17.0 Å². The van der Waals surface area contributed by atoms with Gasteiger partial charge in [0, 0.05) is 42.9 Å². The smallest absolute Gasteiger partial charge is 0.227 e. The van der Waals surface area contributed by atoms with Crippen LogP contribution in [-0.2, 0) is 4.79 Å². The Morgan fingerprint density at radius 1 is 1.60 bits per heavy atom. The molecule has 0 bridgehead atoms. The minimum atomic E-state index is 0.0369. The number of rotatable bonds is 6. The Balaban J connectivity index is 2.71. The molecule has 0 saturated heterocycles. The van der Waals surface area contributed by atoms with E-state index in [4.69, 9.17) is 0 Å². The molecule has 108 valence electrons. The Labute approximate surface area is 129 Å². The van der Waals surface area contributed by atoms with Crippen LogP contribution in [0.15, 0.2) is 40.7 Å². The molecule has 1 rings (SSSR count). The number of nitrogens with zero attached hydrogens (tertiary/aromatic N) is 3. The first-order valence-electron chi connectivity index (χ1n) is 6.15. The summed E-state index contributed by atoms with van der Waals surface area (Å²) in [4.78, 5) is 21.7. The van der Waals surface area contributed by atoms with Crippen LogP contribution < -0.4 is 0 Å². The van der Waals surface area contributed by atoms with Gasteiger partial charge in [-0.2, -0.15) is 11.8 Å². The molecule has 0 radical (unpaired) electrons. The van der Waals surface area contributed by atoms with Crippen LogP contribution in [0.1, 0.15) is 18.9 Å². The lowest BCUT2D eigenvalue weighted by Gasteiger charge is -2.15. The molecule has 6 heteroatoms. The Morgan fingerprint density at radius 3 is 2.95 bits per heavy atom. The lowest BCUT2D eigenvalue weighted by Crippen LogP contribution is -2.24. The van der Waals surface area contributed by atoms with Gasteiger partial charge >= 0.3 is 0 Å². The summed E-state index contributed by atoms with van der Waals surface area (Å²) < 4.78 is 0. The highest BCUT2D eigenvalue weighted by Crippen LogP contribution is 2.10. The molecule has 1 heterocycles. The maximum atomic E-state index is 11.8. The van der Waals surface area contributed by atoms with Crippen molar-refractivity contribution in [3.05, 3.63) is 41.3 Å². The van der Waals surface area contributed by atoms with E-state index in [1.54, 1.807) is 37.4 Å². The molecule has 0 aliphatic heterocycles. The number of amides is 1. The molecule has 20 heavy (non-hydrogen) atoms. The summed E-state index contributed by atoms with van der Waals surface area (Å²) in [6.07, 6.45) is 7.53. The molecule has 0 spiro atoms. The molecular weight excluding hydrogens is 290 g/mol. The fraction of sp³-hybridized carbons (Fsp3) is 0.357. The van der Waals surface area contributed by atoms with E-state index in [1.807, 2.05) is 25.3 Å². The number of aromatic nitrogens is 1. The van der Waals surface area contributed by atoms with Crippen LogP contribution in [0.25, 0.3) is 0 Å². The van der Waals surface area contributed by atoms with Crippen LogP contribution in [0.5, 0.6) is 0 Å². The zero-order chi connectivity index (χ0) is 15.0. The first-order valence-corrected chi connectivity index (χ1v) is 7.99. The number of pyridine rings is 1. The van der Waals surface area contributed by atoms with Gasteiger partial charge in [-0.05, 0) is 19.2 Å². The third-order valence-electron chi connectivity index (χ3n) is 2.69. The summed E-state index contributed by atoms with van der Waals surface area (Å²) in [6.45, 7) is 1.89. The van der Waals surface area contributed by atoms with Gasteiger partial charge < -0.3 is 4.90 Å². The van der Waals surface area contributed by atoms with Gasteiger partial charge in [0.1, 0.15) is 0 Å². The van der Waals surface area contributed by atoms with Gasteiger partial charge in [-0.1, -0.05) is 6.07 Å². The second kappa shape index (κ2) is 8.81. The fourth-order valence-electron chi connectivity index (χ4n) is 1.38. The molecule has 1 aromatic heterocycles. The number of aliphatic imine (C=N–C) groups is 1. The number of thiol groups is 1. The highest BCUT2D eigenvalue weighted by Gasteiger charge is 2.09. The Hall–Kier alpha value is -1.27. The molecule has 0 unspecified atom stereocenters. The first kappa shape index (κ1) is 16.8. The minimum Gasteiger partial charge on any atom is -0.309 e. The van der Waals surface area contributed by atoms with E-state index in [9.17, 15) is 4.79 Å². The predicted octanol–water partition coefficient (Wildman–Crippen LogP) is 2.83.